The van der Waals surface area contributed by atoms with Crippen molar-refractivity contribution in [3.63, 3.8) is 0 Å². The van der Waals surface area contributed by atoms with Crippen LogP contribution in [-0.2, 0) is 0 Å². The maximum atomic E-state index is 4.32. The molecule has 3 nitrogen and oxygen atoms in total. The van der Waals surface area contributed by atoms with Crippen molar-refractivity contribution in [2.75, 3.05) is 6.26 Å². The molecule has 0 aromatic carbocycles. The van der Waals surface area contributed by atoms with Gasteiger partial charge in [0.05, 0.1) is 11.9 Å². The molecule has 0 fully saturated rings. The molecule has 0 amide bonds. The van der Waals surface area contributed by atoms with Crippen LogP contribution in [0.15, 0.2) is 6.20 Å². The number of nitrogens with zero attached hydrogens (tertiary/aromatic N) is 3. The fourth-order valence-corrected chi connectivity index (χ4v) is 1.20. The Hall–Kier alpha value is -0.160. The highest BCUT2D eigenvalue weighted by molar-refractivity contribution is 8.08. The molecule has 0 saturated carbocycles. The molecule has 0 spiro atoms. The van der Waals surface area contributed by atoms with Crippen molar-refractivity contribution in [3.8, 4) is 0 Å². The summed E-state index contributed by atoms with van der Waals surface area (Å²) < 4.78 is 1.84. The van der Waals surface area contributed by atoms with Crippen molar-refractivity contribution in [3.05, 3.63) is 11.9 Å². The zero-order chi connectivity index (χ0) is 9.14. The average Bonchev–Trinajstić information content (AvgIpc) is 2.51. The predicted octanol–water partition coefficient (Wildman–Crippen LogP) is 2.15. The Morgan fingerprint density at radius 1 is 1.58 bits per heavy atom. The Morgan fingerprint density at radius 3 is 2.67 bits per heavy atom. The van der Waals surface area contributed by atoms with E-state index in [2.05, 4.69) is 36.8 Å². The lowest BCUT2D eigenvalue weighted by Crippen LogP contribution is -1.98. The van der Waals surface area contributed by atoms with E-state index >= 15 is 0 Å². The lowest BCUT2D eigenvalue weighted by molar-refractivity contribution is 0.691. The second kappa shape index (κ2) is 4.18. The molecule has 1 unspecified atom stereocenters. The molecule has 0 aliphatic heterocycles. The third-order valence-corrected chi connectivity index (χ3v) is 3.06. The summed E-state index contributed by atoms with van der Waals surface area (Å²) in [6, 6.07) is 0. The second-order valence-corrected chi connectivity index (χ2v) is 4.60. The first kappa shape index (κ1) is 9.92. The van der Waals surface area contributed by atoms with E-state index in [-0.39, 0.29) is 4.71 Å². The number of thiol groups is 1. The average molecular weight is 203 g/mol. The van der Waals surface area contributed by atoms with Crippen LogP contribution < -0.4 is 0 Å². The van der Waals surface area contributed by atoms with Gasteiger partial charge in [-0.25, -0.2) is 4.68 Å². The van der Waals surface area contributed by atoms with Gasteiger partial charge in [-0.2, -0.15) is 0 Å². The quantitative estimate of drug-likeness (QED) is 0.603. The molecule has 12 heavy (non-hydrogen) atoms. The summed E-state index contributed by atoms with van der Waals surface area (Å²) in [7, 11) is 0. The fraction of sp³-hybridized carbons (Fsp3) is 0.714. The van der Waals surface area contributed by atoms with E-state index in [1.165, 1.54) is 0 Å². The van der Waals surface area contributed by atoms with Gasteiger partial charge in [-0.1, -0.05) is 19.1 Å². The van der Waals surface area contributed by atoms with Gasteiger partial charge in [-0.05, 0) is 12.2 Å². The van der Waals surface area contributed by atoms with Crippen molar-refractivity contribution < 1.29 is 0 Å². The Bertz CT molecular complexity index is 247. The van der Waals surface area contributed by atoms with Gasteiger partial charge in [-0.15, -0.1) is 29.5 Å². The minimum absolute atomic E-state index is 0.0741. The number of rotatable bonds is 3. The van der Waals surface area contributed by atoms with Crippen molar-refractivity contribution >= 4 is 24.4 Å². The molecule has 0 radical (unpaired) electrons. The summed E-state index contributed by atoms with van der Waals surface area (Å²) in [6.07, 6.45) is 3.94. The van der Waals surface area contributed by atoms with Crippen molar-refractivity contribution in [2.24, 2.45) is 0 Å². The monoisotopic (exact) mass is 203 g/mol. The van der Waals surface area contributed by atoms with Gasteiger partial charge in [0, 0.05) is 0 Å². The highest BCUT2D eigenvalue weighted by Crippen LogP contribution is 2.23. The molecule has 1 heterocycles. The van der Waals surface area contributed by atoms with Gasteiger partial charge >= 0.3 is 0 Å². The smallest absolute Gasteiger partial charge is 0.141 e. The summed E-state index contributed by atoms with van der Waals surface area (Å²) in [6.45, 7) is 4.20. The van der Waals surface area contributed by atoms with E-state index in [1.54, 1.807) is 16.4 Å². The van der Waals surface area contributed by atoms with Crippen molar-refractivity contribution in [1.82, 2.24) is 15.0 Å². The zero-order valence-electron chi connectivity index (χ0n) is 7.43. The molecule has 0 aliphatic carbocycles. The molecule has 1 atom stereocenters. The molecule has 5 heteroatoms. The van der Waals surface area contributed by atoms with E-state index < -0.39 is 0 Å². The van der Waals surface area contributed by atoms with E-state index in [1.807, 2.05) is 12.5 Å². The number of hydrogen-bond acceptors (Lipinski definition) is 4. The van der Waals surface area contributed by atoms with Crippen LogP contribution in [0, 0.1) is 0 Å². The van der Waals surface area contributed by atoms with E-state index in [4.69, 9.17) is 0 Å². The Morgan fingerprint density at radius 2 is 2.25 bits per heavy atom. The van der Waals surface area contributed by atoms with E-state index in [0.717, 1.165) is 5.69 Å². The Balaban J connectivity index is 2.77. The number of hydrogen-bond donors (Lipinski definition) is 1. The van der Waals surface area contributed by atoms with Crippen LogP contribution in [0.4, 0.5) is 0 Å². The SMILES string of the molecule is CSC(S)n1cc(C(C)C)nn1. The van der Waals surface area contributed by atoms with Gasteiger partial charge in [0.2, 0.25) is 0 Å². The minimum atomic E-state index is 0.0741. The molecule has 0 saturated heterocycles. The maximum Gasteiger partial charge on any atom is 0.141 e. The first-order valence-electron chi connectivity index (χ1n) is 3.77. The molecule has 68 valence electrons. The third-order valence-electron chi connectivity index (χ3n) is 1.56. The standard InChI is InChI=1S/C7H13N3S2/c1-5(2)6-4-10(9-8-6)7(11)12-3/h4-5,7,11H,1-3H3. The summed E-state index contributed by atoms with van der Waals surface area (Å²) in [5, 5.41) is 8.01. The predicted molar refractivity (Wildman–Crippen MR) is 55.6 cm³/mol. The van der Waals surface area contributed by atoms with Crippen molar-refractivity contribution in [2.45, 2.75) is 24.5 Å². The fourth-order valence-electron chi connectivity index (χ4n) is 0.771. The molecule has 1 aromatic heterocycles. The van der Waals surface area contributed by atoms with Crippen LogP contribution >= 0.6 is 24.4 Å². The largest absolute Gasteiger partial charge is 0.229 e. The molecule has 0 bridgehead atoms. The normalized spacial score (nSPS) is 13.8. The first-order valence-corrected chi connectivity index (χ1v) is 5.58. The van der Waals surface area contributed by atoms with E-state index in [9.17, 15) is 0 Å². The summed E-state index contributed by atoms with van der Waals surface area (Å²) in [5.41, 5.74) is 1.02. The van der Waals surface area contributed by atoms with Crippen LogP contribution in [-0.4, -0.2) is 21.2 Å². The molecule has 1 aromatic rings. The first-order chi connectivity index (χ1) is 5.65. The van der Waals surface area contributed by atoms with Crippen LogP contribution in [0.5, 0.6) is 0 Å². The van der Waals surface area contributed by atoms with Crippen LogP contribution in [0.2, 0.25) is 0 Å². The van der Waals surface area contributed by atoms with Crippen LogP contribution in [0.25, 0.3) is 0 Å². The summed E-state index contributed by atoms with van der Waals surface area (Å²) >= 11 is 5.95. The molecule has 0 aliphatic rings. The molecule has 0 N–H and O–H groups in total. The highest BCUT2D eigenvalue weighted by Gasteiger charge is 2.08. The Labute approximate surface area is 82.3 Å². The Kier molecular flexibility index (Phi) is 3.46. The molecule has 1 rings (SSSR count). The van der Waals surface area contributed by atoms with Gasteiger partial charge in [0.1, 0.15) is 4.71 Å². The molecular weight excluding hydrogens is 190 g/mol. The summed E-state index contributed by atoms with van der Waals surface area (Å²) in [4.78, 5) is 0. The topological polar surface area (TPSA) is 30.7 Å². The van der Waals surface area contributed by atoms with Crippen molar-refractivity contribution in [1.29, 1.82) is 0 Å². The second-order valence-electron chi connectivity index (χ2n) is 2.84. The van der Waals surface area contributed by atoms with Gasteiger partial charge in [0.15, 0.2) is 0 Å². The number of thioether (sulfide) groups is 1. The molecular formula is C7H13N3S2. The number of aromatic nitrogens is 3. The third kappa shape index (κ3) is 2.17. The zero-order valence-corrected chi connectivity index (χ0v) is 9.14. The van der Waals surface area contributed by atoms with Gasteiger partial charge in [0.25, 0.3) is 0 Å². The van der Waals surface area contributed by atoms with Crippen LogP contribution in [0.3, 0.4) is 0 Å². The summed E-state index contributed by atoms with van der Waals surface area (Å²) in [5.74, 6) is 0.432. The lowest BCUT2D eigenvalue weighted by Gasteiger charge is -2.04. The van der Waals surface area contributed by atoms with Gasteiger partial charge in [-0.3, -0.25) is 0 Å². The van der Waals surface area contributed by atoms with E-state index in [0.29, 0.717) is 5.92 Å². The lowest BCUT2D eigenvalue weighted by atomic mass is 10.2. The highest BCUT2D eigenvalue weighted by atomic mass is 32.2. The van der Waals surface area contributed by atoms with Gasteiger partial charge < -0.3 is 0 Å². The van der Waals surface area contributed by atoms with Crippen LogP contribution in [0.1, 0.15) is 30.2 Å². The maximum absolute atomic E-state index is 4.32. The minimum Gasteiger partial charge on any atom is -0.229 e.